The lowest BCUT2D eigenvalue weighted by atomic mass is 10.1. The molecule has 0 saturated heterocycles. The zero-order valence-corrected chi connectivity index (χ0v) is 39.8. The molecule has 0 aliphatic rings. The average Bonchev–Trinajstić information content (AvgIpc) is 3.10. The van der Waals surface area contributed by atoms with E-state index in [2.05, 4.69) is 91.7 Å². The van der Waals surface area contributed by atoms with Gasteiger partial charge in [-0.15, -0.1) is 0 Å². The Bertz CT molecular complexity index is 1790. The van der Waals surface area contributed by atoms with Gasteiger partial charge in [-0.05, 0) is 100 Å². The lowest BCUT2D eigenvalue weighted by Crippen LogP contribution is -2.21. The third-order valence-corrected chi connectivity index (χ3v) is 9.94. The molecule has 20 heteroatoms. The van der Waals surface area contributed by atoms with Gasteiger partial charge < -0.3 is 9.80 Å². The van der Waals surface area contributed by atoms with Crippen molar-refractivity contribution in [3.8, 4) is 0 Å². The minimum Gasteiger partial charge on any atom is -0.372 e. The maximum Gasteiger partial charge on any atom is 0.250 e. The molecule has 4 aromatic rings. The second kappa shape index (κ2) is 21.0. The van der Waals surface area contributed by atoms with E-state index in [0.29, 0.717) is 0 Å². The van der Waals surface area contributed by atoms with Crippen LogP contribution in [-0.4, -0.2) is 56.1 Å². The Kier molecular flexibility index (Phi) is 18.5. The summed E-state index contributed by atoms with van der Waals surface area (Å²) in [6.07, 6.45) is 7.00. The Labute approximate surface area is 387 Å². The Balaban J connectivity index is 0.000000300. The summed E-state index contributed by atoms with van der Waals surface area (Å²) in [5.41, 5.74) is 6.49. The van der Waals surface area contributed by atoms with E-state index in [1.54, 1.807) is 12.2 Å². The van der Waals surface area contributed by atoms with Crippen molar-refractivity contribution >= 4 is 175 Å². The van der Waals surface area contributed by atoms with Crippen molar-refractivity contribution in [2.45, 2.75) is 56.7 Å². The van der Waals surface area contributed by atoms with Gasteiger partial charge in [0.25, 0.3) is 0 Å². The van der Waals surface area contributed by atoms with Gasteiger partial charge in [0.1, 0.15) is 0 Å². The van der Waals surface area contributed by atoms with Crippen molar-refractivity contribution in [1.29, 1.82) is 0 Å². The molecule has 0 atom stereocenters. The fourth-order valence-electron chi connectivity index (χ4n) is 5.03. The molecular formula is C36H36Cl12N8. The fourth-order valence-corrected chi connectivity index (χ4v) is 6.05. The van der Waals surface area contributed by atoms with E-state index >= 15 is 0 Å². The summed E-state index contributed by atoms with van der Waals surface area (Å²) < 4.78 is -7.51. The lowest BCUT2D eigenvalue weighted by Gasteiger charge is -2.21. The third-order valence-electron chi connectivity index (χ3n) is 7.91. The fraction of sp³-hybridized carbons (Fsp3) is 0.389. The van der Waals surface area contributed by atoms with E-state index in [1.165, 1.54) is 0 Å². The monoisotopic (exact) mass is 1000 g/mol. The van der Waals surface area contributed by atoms with Gasteiger partial charge in [-0.2, -0.15) is 0 Å². The van der Waals surface area contributed by atoms with Gasteiger partial charge in [0.2, 0.25) is 15.2 Å². The van der Waals surface area contributed by atoms with Crippen LogP contribution in [0.25, 0.3) is 24.3 Å². The molecule has 0 amide bonds. The first-order valence-corrected chi connectivity index (χ1v) is 21.3. The summed E-state index contributed by atoms with van der Waals surface area (Å²) in [5.74, 6) is -0.0666. The number of benzene rings is 2. The second-order valence-corrected chi connectivity index (χ2v) is 20.9. The summed E-state index contributed by atoms with van der Waals surface area (Å²) in [6.45, 7) is 16.3. The van der Waals surface area contributed by atoms with Gasteiger partial charge in [-0.1, -0.05) is 163 Å². The highest BCUT2D eigenvalue weighted by molar-refractivity contribution is 6.68. The molecule has 4 rings (SSSR count). The number of halogens is 12. The van der Waals surface area contributed by atoms with Crippen molar-refractivity contribution in [1.82, 2.24) is 29.9 Å². The molecule has 0 radical (unpaired) electrons. The van der Waals surface area contributed by atoms with E-state index in [-0.39, 0.29) is 34.9 Å². The van der Waals surface area contributed by atoms with Gasteiger partial charge in [0.15, 0.2) is 34.9 Å². The van der Waals surface area contributed by atoms with Gasteiger partial charge in [0.05, 0.1) is 0 Å². The highest BCUT2D eigenvalue weighted by Gasteiger charge is 2.34. The predicted molar refractivity (Wildman–Crippen MR) is 244 cm³/mol. The minimum absolute atomic E-state index is 0.123. The van der Waals surface area contributed by atoms with Crippen LogP contribution in [-0.2, 0) is 15.2 Å². The lowest BCUT2D eigenvalue weighted by molar-refractivity contribution is 0.835. The zero-order chi connectivity index (χ0) is 42.2. The zero-order valence-electron chi connectivity index (χ0n) is 30.7. The molecule has 304 valence electrons. The van der Waals surface area contributed by atoms with Crippen molar-refractivity contribution in [2.24, 2.45) is 0 Å². The van der Waals surface area contributed by atoms with Gasteiger partial charge in [0, 0.05) is 37.6 Å². The normalized spacial score (nSPS) is 12.6. The number of hydrogen-bond acceptors (Lipinski definition) is 8. The SMILES string of the molecule is CCN(CC)c1ccc(C=Cc2nc(C(Cl)(Cl)Cl)nc(C(Cl)(Cl)Cl)n2)c(C)c1.CCN(CC)c1ccc(C=Cc2nc(C(Cl)(Cl)Cl)nc(C(Cl)(Cl)Cl)n2)c(C)c1. The number of nitrogens with zero attached hydrogens (tertiary/aromatic N) is 8. The Hall–Kier alpha value is -0.980. The first-order valence-electron chi connectivity index (χ1n) is 16.8. The number of anilines is 2. The molecule has 0 aliphatic carbocycles. The molecule has 0 N–H and O–H groups in total. The molecular weight excluding hydrogens is 970 g/mol. The second-order valence-electron chi connectivity index (χ2n) is 11.8. The summed E-state index contributed by atoms with van der Waals surface area (Å²) in [7, 11) is 0. The molecule has 56 heavy (non-hydrogen) atoms. The highest BCUT2D eigenvalue weighted by Crippen LogP contribution is 2.41. The Morgan fingerprint density at radius 1 is 0.429 bits per heavy atom. The average molecular weight is 1010 g/mol. The number of hydrogen-bond donors (Lipinski definition) is 0. The maximum absolute atomic E-state index is 5.89. The molecule has 0 spiro atoms. The molecule has 0 bridgehead atoms. The Morgan fingerprint density at radius 3 is 0.911 bits per heavy atom. The standard InChI is InChI=1S/2C18H18Cl6N4/c2*1-4-28(5-2)13-8-6-12(11(3)10-13)7-9-14-25-15(17(19,20)21)27-16(26-14)18(22,23)24/h2*6-10H,4-5H2,1-3H3. The molecule has 0 saturated carbocycles. The molecule has 8 nitrogen and oxygen atoms in total. The van der Waals surface area contributed by atoms with E-state index in [9.17, 15) is 0 Å². The van der Waals surface area contributed by atoms with Crippen LogP contribution in [0.5, 0.6) is 0 Å². The number of alkyl halides is 12. The smallest absolute Gasteiger partial charge is 0.250 e. The van der Waals surface area contributed by atoms with Gasteiger partial charge in [-0.3, -0.25) is 0 Å². The first-order chi connectivity index (χ1) is 25.9. The first kappa shape index (κ1) is 49.4. The Morgan fingerprint density at radius 2 is 0.696 bits per heavy atom. The largest absolute Gasteiger partial charge is 0.372 e. The number of rotatable bonds is 10. The quantitative estimate of drug-likeness (QED) is 0.145. The number of aryl methyl sites for hydroxylation is 2. The maximum atomic E-state index is 5.89. The van der Waals surface area contributed by atoms with Crippen molar-refractivity contribution in [3.05, 3.63) is 93.6 Å². The highest BCUT2D eigenvalue weighted by atomic mass is 35.6. The molecule has 2 heterocycles. The van der Waals surface area contributed by atoms with Crippen molar-refractivity contribution in [3.63, 3.8) is 0 Å². The van der Waals surface area contributed by atoms with Crippen LogP contribution in [0.3, 0.4) is 0 Å². The minimum atomic E-state index is -1.88. The molecule has 0 aliphatic heterocycles. The van der Waals surface area contributed by atoms with Crippen LogP contribution >= 0.6 is 139 Å². The van der Waals surface area contributed by atoms with Crippen molar-refractivity contribution < 1.29 is 0 Å². The summed E-state index contributed by atoms with van der Waals surface area (Å²) in [4.78, 5) is 29.0. The van der Waals surface area contributed by atoms with Crippen LogP contribution in [0, 0.1) is 13.8 Å². The summed E-state index contributed by atoms with van der Waals surface area (Å²) in [5, 5.41) is 0. The topological polar surface area (TPSA) is 83.8 Å². The number of aromatic nitrogens is 6. The molecule has 2 aromatic carbocycles. The summed E-state index contributed by atoms with van der Waals surface area (Å²) in [6, 6.07) is 12.4. The van der Waals surface area contributed by atoms with E-state index in [1.807, 2.05) is 38.1 Å². The molecule has 2 aromatic heterocycles. The third kappa shape index (κ3) is 14.6. The van der Waals surface area contributed by atoms with Gasteiger partial charge >= 0.3 is 0 Å². The van der Waals surface area contributed by atoms with Crippen LogP contribution in [0.4, 0.5) is 11.4 Å². The molecule has 0 unspecified atom stereocenters. The van der Waals surface area contributed by atoms with Crippen LogP contribution in [0.2, 0.25) is 0 Å². The van der Waals surface area contributed by atoms with E-state index < -0.39 is 15.2 Å². The van der Waals surface area contributed by atoms with Crippen LogP contribution in [0.1, 0.15) is 84.9 Å². The van der Waals surface area contributed by atoms with Gasteiger partial charge in [-0.25, -0.2) is 29.9 Å². The molecule has 0 fully saturated rings. The summed E-state index contributed by atoms with van der Waals surface area (Å²) >= 11 is 70.7. The van der Waals surface area contributed by atoms with Crippen molar-refractivity contribution in [2.75, 3.05) is 36.0 Å². The van der Waals surface area contributed by atoms with Crippen LogP contribution < -0.4 is 9.80 Å². The predicted octanol–water partition coefficient (Wildman–Crippen LogP) is 13.7. The van der Waals surface area contributed by atoms with E-state index in [4.69, 9.17) is 139 Å². The van der Waals surface area contributed by atoms with Crippen LogP contribution in [0.15, 0.2) is 36.4 Å². The van der Waals surface area contributed by atoms with E-state index in [0.717, 1.165) is 59.8 Å².